The van der Waals surface area contributed by atoms with Crippen LogP contribution in [0.5, 0.6) is 0 Å². The SMILES string of the molecule is C=C(CNC(C)(C)C)CN(C)Cc1cccc(C)c1. The monoisotopic (exact) mass is 260 g/mol. The predicted octanol–water partition coefficient (Wildman–Crippen LogP) is 3.37. The molecule has 0 fully saturated rings. The summed E-state index contributed by atoms with van der Waals surface area (Å²) in [6.07, 6.45) is 0. The first-order valence-corrected chi connectivity index (χ1v) is 6.92. The Bertz CT molecular complexity index is 416. The Balaban J connectivity index is 2.38. The molecule has 0 aliphatic carbocycles. The normalized spacial score (nSPS) is 11.9. The predicted molar refractivity (Wildman–Crippen MR) is 84.4 cm³/mol. The van der Waals surface area contributed by atoms with E-state index in [1.165, 1.54) is 16.7 Å². The van der Waals surface area contributed by atoms with E-state index in [9.17, 15) is 0 Å². The Labute approximate surface area is 118 Å². The molecule has 0 aliphatic heterocycles. The number of nitrogens with one attached hydrogen (secondary N) is 1. The fraction of sp³-hybridized carbons (Fsp3) is 0.529. The zero-order chi connectivity index (χ0) is 14.5. The maximum atomic E-state index is 4.15. The topological polar surface area (TPSA) is 15.3 Å². The summed E-state index contributed by atoms with van der Waals surface area (Å²) in [7, 11) is 2.14. The molecule has 0 spiro atoms. The van der Waals surface area contributed by atoms with E-state index in [1.54, 1.807) is 0 Å². The van der Waals surface area contributed by atoms with Gasteiger partial charge in [0, 0.05) is 25.2 Å². The number of benzene rings is 1. The smallest absolute Gasteiger partial charge is 0.0234 e. The van der Waals surface area contributed by atoms with Crippen LogP contribution in [0.15, 0.2) is 36.4 Å². The number of nitrogens with zero attached hydrogens (tertiary/aromatic N) is 1. The molecule has 2 nitrogen and oxygen atoms in total. The Morgan fingerprint density at radius 2 is 2.00 bits per heavy atom. The van der Waals surface area contributed by atoms with Gasteiger partial charge >= 0.3 is 0 Å². The highest BCUT2D eigenvalue weighted by Gasteiger charge is 2.09. The Hall–Kier alpha value is -1.12. The molecule has 0 amide bonds. The van der Waals surface area contributed by atoms with Gasteiger partial charge in [0.15, 0.2) is 0 Å². The van der Waals surface area contributed by atoms with Crippen LogP contribution in [0.3, 0.4) is 0 Å². The molecule has 0 unspecified atom stereocenters. The lowest BCUT2D eigenvalue weighted by Crippen LogP contribution is -2.38. The zero-order valence-electron chi connectivity index (χ0n) is 13.1. The van der Waals surface area contributed by atoms with Crippen molar-refractivity contribution in [3.63, 3.8) is 0 Å². The van der Waals surface area contributed by atoms with Crippen LogP contribution in [0, 0.1) is 6.92 Å². The molecule has 0 heterocycles. The van der Waals surface area contributed by atoms with E-state index in [4.69, 9.17) is 0 Å². The summed E-state index contributed by atoms with van der Waals surface area (Å²) in [5.41, 5.74) is 4.06. The van der Waals surface area contributed by atoms with Gasteiger partial charge < -0.3 is 5.32 Å². The molecule has 1 aromatic carbocycles. The van der Waals surface area contributed by atoms with Gasteiger partial charge in [-0.1, -0.05) is 36.4 Å². The molecule has 19 heavy (non-hydrogen) atoms. The molecule has 0 saturated heterocycles. The van der Waals surface area contributed by atoms with Gasteiger partial charge in [-0.2, -0.15) is 0 Å². The Kier molecular flexibility index (Phi) is 5.77. The van der Waals surface area contributed by atoms with E-state index in [-0.39, 0.29) is 5.54 Å². The third-order valence-electron chi connectivity index (χ3n) is 2.90. The minimum absolute atomic E-state index is 0.151. The first-order chi connectivity index (χ1) is 8.76. The molecule has 0 radical (unpaired) electrons. The van der Waals surface area contributed by atoms with Gasteiger partial charge in [-0.15, -0.1) is 0 Å². The average molecular weight is 260 g/mol. The number of rotatable bonds is 6. The molecule has 2 heteroatoms. The van der Waals surface area contributed by atoms with Crippen molar-refractivity contribution in [1.29, 1.82) is 0 Å². The second-order valence-electron chi connectivity index (χ2n) is 6.51. The van der Waals surface area contributed by atoms with Crippen LogP contribution in [0.25, 0.3) is 0 Å². The molecule has 0 bridgehead atoms. The maximum absolute atomic E-state index is 4.15. The summed E-state index contributed by atoms with van der Waals surface area (Å²) in [5.74, 6) is 0. The highest BCUT2D eigenvalue weighted by atomic mass is 15.1. The molecule has 0 atom stereocenters. The van der Waals surface area contributed by atoms with E-state index >= 15 is 0 Å². The van der Waals surface area contributed by atoms with Crippen LogP contribution in [0.2, 0.25) is 0 Å². The van der Waals surface area contributed by atoms with Crippen LogP contribution in [-0.4, -0.2) is 30.6 Å². The number of hydrogen-bond acceptors (Lipinski definition) is 2. The zero-order valence-corrected chi connectivity index (χ0v) is 13.1. The number of likely N-dealkylation sites (N-methyl/N-ethyl adjacent to an activating group) is 1. The van der Waals surface area contributed by atoms with Crippen LogP contribution in [0.4, 0.5) is 0 Å². The van der Waals surface area contributed by atoms with Crippen molar-refractivity contribution in [2.24, 2.45) is 0 Å². The van der Waals surface area contributed by atoms with Crippen LogP contribution < -0.4 is 5.32 Å². The van der Waals surface area contributed by atoms with Crippen LogP contribution >= 0.6 is 0 Å². The fourth-order valence-electron chi connectivity index (χ4n) is 2.01. The average Bonchev–Trinajstić information content (AvgIpc) is 2.25. The summed E-state index contributed by atoms with van der Waals surface area (Å²) < 4.78 is 0. The summed E-state index contributed by atoms with van der Waals surface area (Å²) in [4.78, 5) is 2.31. The van der Waals surface area contributed by atoms with Gasteiger partial charge in [-0.25, -0.2) is 0 Å². The molecular formula is C17H28N2. The van der Waals surface area contributed by atoms with Gasteiger partial charge in [-0.3, -0.25) is 4.90 Å². The Morgan fingerprint density at radius 1 is 1.32 bits per heavy atom. The highest BCUT2D eigenvalue weighted by Crippen LogP contribution is 2.08. The number of aryl methyl sites for hydroxylation is 1. The minimum atomic E-state index is 0.151. The summed E-state index contributed by atoms with van der Waals surface area (Å²) in [5, 5.41) is 3.47. The molecule has 1 N–H and O–H groups in total. The Morgan fingerprint density at radius 3 is 2.58 bits per heavy atom. The van der Waals surface area contributed by atoms with Crippen molar-refractivity contribution in [2.75, 3.05) is 20.1 Å². The lowest BCUT2D eigenvalue weighted by atomic mass is 10.1. The highest BCUT2D eigenvalue weighted by molar-refractivity contribution is 5.22. The van der Waals surface area contributed by atoms with E-state index in [0.717, 1.165) is 19.6 Å². The van der Waals surface area contributed by atoms with Crippen molar-refractivity contribution in [3.8, 4) is 0 Å². The van der Waals surface area contributed by atoms with E-state index in [2.05, 4.69) is 75.8 Å². The van der Waals surface area contributed by atoms with Crippen molar-refractivity contribution in [3.05, 3.63) is 47.5 Å². The van der Waals surface area contributed by atoms with Gasteiger partial charge in [0.05, 0.1) is 0 Å². The second-order valence-corrected chi connectivity index (χ2v) is 6.51. The minimum Gasteiger partial charge on any atom is -0.308 e. The fourth-order valence-corrected chi connectivity index (χ4v) is 2.01. The molecule has 0 aromatic heterocycles. The standard InChI is InChI=1S/C17H28N2/c1-14-8-7-9-16(10-14)13-19(6)12-15(2)11-18-17(3,4)5/h7-10,18H,2,11-13H2,1,3-6H3. The van der Waals surface area contributed by atoms with Crippen molar-refractivity contribution in [1.82, 2.24) is 10.2 Å². The summed E-state index contributed by atoms with van der Waals surface area (Å²) >= 11 is 0. The molecule has 1 aromatic rings. The maximum Gasteiger partial charge on any atom is 0.0234 e. The van der Waals surface area contributed by atoms with E-state index < -0.39 is 0 Å². The van der Waals surface area contributed by atoms with Crippen molar-refractivity contribution >= 4 is 0 Å². The molecule has 0 aliphatic rings. The van der Waals surface area contributed by atoms with Gasteiger partial charge in [-0.05, 0) is 45.9 Å². The van der Waals surface area contributed by atoms with Gasteiger partial charge in [0.1, 0.15) is 0 Å². The molecule has 1 rings (SSSR count). The molecular weight excluding hydrogens is 232 g/mol. The first-order valence-electron chi connectivity index (χ1n) is 6.92. The summed E-state index contributed by atoms with van der Waals surface area (Å²) in [6, 6.07) is 8.68. The third kappa shape index (κ3) is 7.14. The van der Waals surface area contributed by atoms with Crippen molar-refractivity contribution < 1.29 is 0 Å². The lowest BCUT2D eigenvalue weighted by Gasteiger charge is -2.24. The lowest BCUT2D eigenvalue weighted by molar-refractivity contribution is 0.346. The van der Waals surface area contributed by atoms with Gasteiger partial charge in [0.25, 0.3) is 0 Å². The molecule has 106 valence electrons. The quantitative estimate of drug-likeness (QED) is 0.789. The van der Waals surface area contributed by atoms with E-state index in [0.29, 0.717) is 0 Å². The van der Waals surface area contributed by atoms with E-state index in [1.807, 2.05) is 0 Å². The second kappa shape index (κ2) is 6.88. The van der Waals surface area contributed by atoms with Gasteiger partial charge in [0.2, 0.25) is 0 Å². The van der Waals surface area contributed by atoms with Crippen molar-refractivity contribution in [2.45, 2.75) is 39.8 Å². The largest absolute Gasteiger partial charge is 0.308 e. The first kappa shape index (κ1) is 15.9. The summed E-state index contributed by atoms with van der Waals surface area (Å²) in [6.45, 7) is 15.6. The van der Waals surface area contributed by atoms with Crippen LogP contribution in [-0.2, 0) is 6.54 Å². The third-order valence-corrected chi connectivity index (χ3v) is 2.90. The van der Waals surface area contributed by atoms with Crippen LogP contribution in [0.1, 0.15) is 31.9 Å². The number of hydrogen-bond donors (Lipinski definition) is 1. The molecule has 0 saturated carbocycles.